The van der Waals surface area contributed by atoms with Gasteiger partial charge in [-0.05, 0) is 51.4 Å². The number of hydrogen-bond acceptors (Lipinski definition) is 1. The summed E-state index contributed by atoms with van der Waals surface area (Å²) in [7, 11) is 0. The minimum atomic E-state index is -0.589. The Balaban J connectivity index is 3.43. The summed E-state index contributed by atoms with van der Waals surface area (Å²) in [6.45, 7) is 6.01. The van der Waals surface area contributed by atoms with Gasteiger partial charge >= 0.3 is 5.97 Å². The summed E-state index contributed by atoms with van der Waals surface area (Å²) in [5.41, 5.74) is 0. The first-order valence-electron chi connectivity index (χ1n) is 13.2. The number of aliphatic carboxylic acids is 1. The number of allylic oxidation sites excluding steroid dienone is 3. The van der Waals surface area contributed by atoms with Gasteiger partial charge in [0, 0.05) is 0 Å². The Hall–Kier alpha value is -1.05. The van der Waals surface area contributed by atoms with Gasteiger partial charge in [-0.15, -0.1) is 6.58 Å². The Bertz CT molecular complexity index is 399. The molecule has 1 atom stereocenters. The third-order valence-electron chi connectivity index (χ3n) is 6.12. The SMILES string of the molecule is C=CCCCCCCC(CCCCCCCCC=CCCCCCCCC)C(=O)O. The van der Waals surface area contributed by atoms with E-state index in [1.165, 1.54) is 96.3 Å². The van der Waals surface area contributed by atoms with Gasteiger partial charge in [-0.25, -0.2) is 0 Å². The van der Waals surface area contributed by atoms with Crippen LogP contribution in [0.25, 0.3) is 0 Å². The van der Waals surface area contributed by atoms with Crippen LogP contribution in [-0.2, 0) is 4.79 Å². The van der Waals surface area contributed by atoms with Gasteiger partial charge in [-0.3, -0.25) is 4.79 Å². The lowest BCUT2D eigenvalue weighted by Gasteiger charge is -2.12. The maximum atomic E-state index is 11.4. The lowest BCUT2D eigenvalue weighted by molar-refractivity contribution is -0.142. The molecular weight excluding hydrogens is 368 g/mol. The van der Waals surface area contributed by atoms with Crippen LogP contribution in [-0.4, -0.2) is 11.1 Å². The second kappa shape index (κ2) is 24.2. The second-order valence-corrected chi connectivity index (χ2v) is 9.04. The Labute approximate surface area is 188 Å². The van der Waals surface area contributed by atoms with E-state index in [9.17, 15) is 9.90 Å². The molecule has 176 valence electrons. The van der Waals surface area contributed by atoms with Gasteiger partial charge in [-0.1, -0.05) is 109 Å². The van der Waals surface area contributed by atoms with E-state index in [1.54, 1.807) is 0 Å². The van der Waals surface area contributed by atoms with Gasteiger partial charge in [0.15, 0.2) is 0 Å². The molecular formula is C28H52O2. The van der Waals surface area contributed by atoms with Crippen LogP contribution < -0.4 is 0 Å². The highest BCUT2D eigenvalue weighted by Gasteiger charge is 2.16. The van der Waals surface area contributed by atoms with Crippen LogP contribution in [0.3, 0.4) is 0 Å². The number of hydrogen-bond donors (Lipinski definition) is 1. The molecule has 1 N–H and O–H groups in total. The van der Waals surface area contributed by atoms with Crippen molar-refractivity contribution in [1.29, 1.82) is 0 Å². The van der Waals surface area contributed by atoms with E-state index >= 15 is 0 Å². The van der Waals surface area contributed by atoms with Crippen molar-refractivity contribution in [2.45, 2.75) is 142 Å². The summed E-state index contributed by atoms with van der Waals surface area (Å²) in [5, 5.41) is 9.42. The Morgan fingerprint density at radius 3 is 1.50 bits per heavy atom. The summed E-state index contributed by atoms with van der Waals surface area (Å²) in [5.74, 6) is -0.713. The van der Waals surface area contributed by atoms with Crippen LogP contribution in [0, 0.1) is 5.92 Å². The minimum Gasteiger partial charge on any atom is -0.481 e. The highest BCUT2D eigenvalue weighted by molar-refractivity contribution is 5.69. The van der Waals surface area contributed by atoms with Crippen LogP contribution in [0.1, 0.15) is 142 Å². The van der Waals surface area contributed by atoms with Crippen molar-refractivity contribution in [2.75, 3.05) is 0 Å². The zero-order chi connectivity index (χ0) is 22.1. The van der Waals surface area contributed by atoms with E-state index < -0.39 is 5.97 Å². The van der Waals surface area contributed by atoms with Crippen molar-refractivity contribution >= 4 is 5.97 Å². The van der Waals surface area contributed by atoms with Crippen molar-refractivity contribution < 1.29 is 9.90 Å². The van der Waals surface area contributed by atoms with Crippen molar-refractivity contribution in [2.24, 2.45) is 5.92 Å². The highest BCUT2D eigenvalue weighted by atomic mass is 16.4. The Morgan fingerprint density at radius 1 is 0.667 bits per heavy atom. The molecule has 0 spiro atoms. The molecule has 0 rings (SSSR count). The molecule has 0 radical (unpaired) electrons. The maximum Gasteiger partial charge on any atom is 0.306 e. The van der Waals surface area contributed by atoms with E-state index in [4.69, 9.17) is 0 Å². The molecule has 0 amide bonds. The number of carbonyl (C=O) groups is 1. The summed E-state index contributed by atoms with van der Waals surface area (Å²) < 4.78 is 0. The molecule has 2 heteroatoms. The third-order valence-corrected chi connectivity index (χ3v) is 6.12. The molecule has 0 heterocycles. The van der Waals surface area contributed by atoms with Gasteiger partial charge in [0.1, 0.15) is 0 Å². The molecule has 0 fully saturated rings. The first-order chi connectivity index (χ1) is 14.7. The number of carboxylic acid groups (broad SMARTS) is 1. The molecule has 0 aromatic rings. The molecule has 0 aliphatic heterocycles. The molecule has 1 unspecified atom stereocenters. The predicted octanol–water partition coefficient (Wildman–Crippen LogP) is 9.64. The fraction of sp³-hybridized carbons (Fsp3) is 0.821. The fourth-order valence-electron chi connectivity index (χ4n) is 4.06. The summed E-state index contributed by atoms with van der Waals surface area (Å²) in [4.78, 5) is 11.4. The van der Waals surface area contributed by atoms with Crippen LogP contribution in [0.2, 0.25) is 0 Å². The molecule has 0 saturated heterocycles. The minimum absolute atomic E-state index is 0.124. The van der Waals surface area contributed by atoms with Gasteiger partial charge in [-0.2, -0.15) is 0 Å². The zero-order valence-electron chi connectivity index (χ0n) is 20.2. The monoisotopic (exact) mass is 420 g/mol. The molecule has 0 aromatic heterocycles. The molecule has 0 bridgehead atoms. The van der Waals surface area contributed by atoms with E-state index in [1.807, 2.05) is 6.08 Å². The van der Waals surface area contributed by atoms with Crippen molar-refractivity contribution in [1.82, 2.24) is 0 Å². The van der Waals surface area contributed by atoms with E-state index in [0.29, 0.717) is 0 Å². The Morgan fingerprint density at radius 2 is 1.07 bits per heavy atom. The highest BCUT2D eigenvalue weighted by Crippen LogP contribution is 2.19. The summed E-state index contributed by atoms with van der Waals surface area (Å²) in [6, 6.07) is 0. The van der Waals surface area contributed by atoms with E-state index in [-0.39, 0.29) is 5.92 Å². The summed E-state index contributed by atoms with van der Waals surface area (Å²) in [6.07, 6.45) is 32.3. The van der Waals surface area contributed by atoms with Crippen LogP contribution >= 0.6 is 0 Å². The largest absolute Gasteiger partial charge is 0.481 e. The predicted molar refractivity (Wildman–Crippen MR) is 133 cm³/mol. The fourth-order valence-corrected chi connectivity index (χ4v) is 4.06. The third kappa shape index (κ3) is 21.7. The second-order valence-electron chi connectivity index (χ2n) is 9.04. The van der Waals surface area contributed by atoms with Crippen LogP contribution in [0.5, 0.6) is 0 Å². The lowest BCUT2D eigenvalue weighted by Crippen LogP contribution is -2.13. The first kappa shape index (κ1) is 28.9. The van der Waals surface area contributed by atoms with Gasteiger partial charge in [0.05, 0.1) is 5.92 Å². The Kier molecular flexibility index (Phi) is 23.4. The molecule has 30 heavy (non-hydrogen) atoms. The molecule has 2 nitrogen and oxygen atoms in total. The topological polar surface area (TPSA) is 37.3 Å². The lowest BCUT2D eigenvalue weighted by atomic mass is 9.94. The normalized spacial score (nSPS) is 12.4. The molecule has 0 aliphatic carbocycles. The van der Waals surface area contributed by atoms with Crippen molar-refractivity contribution in [3.8, 4) is 0 Å². The average Bonchev–Trinajstić information content (AvgIpc) is 2.74. The number of carboxylic acids is 1. The standard InChI is InChI=1S/C28H52O2/c1-3-5-7-9-11-12-13-14-15-16-17-18-19-20-22-24-26-27(28(29)30)25-23-21-10-8-6-4-2/h4,14-15,27H,2-3,5-13,16-26H2,1H3,(H,29,30). The van der Waals surface area contributed by atoms with E-state index in [0.717, 1.165) is 38.5 Å². The van der Waals surface area contributed by atoms with Crippen molar-refractivity contribution in [3.05, 3.63) is 24.8 Å². The maximum absolute atomic E-state index is 11.4. The zero-order valence-corrected chi connectivity index (χ0v) is 20.2. The van der Waals surface area contributed by atoms with Crippen LogP contribution in [0.4, 0.5) is 0 Å². The smallest absolute Gasteiger partial charge is 0.306 e. The molecule has 0 aliphatic rings. The quantitative estimate of drug-likeness (QED) is 0.125. The van der Waals surface area contributed by atoms with Crippen LogP contribution in [0.15, 0.2) is 24.8 Å². The molecule has 0 aromatic carbocycles. The first-order valence-corrected chi connectivity index (χ1v) is 13.2. The summed E-state index contributed by atoms with van der Waals surface area (Å²) >= 11 is 0. The van der Waals surface area contributed by atoms with E-state index in [2.05, 4.69) is 25.7 Å². The van der Waals surface area contributed by atoms with Gasteiger partial charge < -0.3 is 5.11 Å². The van der Waals surface area contributed by atoms with Gasteiger partial charge in [0.25, 0.3) is 0 Å². The van der Waals surface area contributed by atoms with Crippen molar-refractivity contribution in [3.63, 3.8) is 0 Å². The number of rotatable bonds is 24. The average molecular weight is 421 g/mol. The number of unbranched alkanes of at least 4 members (excludes halogenated alkanes) is 16. The van der Waals surface area contributed by atoms with Gasteiger partial charge in [0.2, 0.25) is 0 Å². The molecule has 0 saturated carbocycles.